The third-order valence-electron chi connectivity index (χ3n) is 3.68. The molecule has 0 aromatic carbocycles. The predicted octanol–water partition coefficient (Wildman–Crippen LogP) is 3.72. The van der Waals surface area contributed by atoms with Gasteiger partial charge in [0.25, 0.3) is 0 Å². The van der Waals surface area contributed by atoms with Crippen LogP contribution in [0.1, 0.15) is 44.9 Å². The fourth-order valence-corrected chi connectivity index (χ4v) is 4.60. The summed E-state index contributed by atoms with van der Waals surface area (Å²) in [5.41, 5.74) is 8.47. The first kappa shape index (κ1) is 20.9. The molecule has 1 amide bonds. The molecule has 0 spiro atoms. The average molecular weight is 370 g/mol. The fraction of sp³-hybridized carbons (Fsp3) is 0.529. The van der Waals surface area contributed by atoms with Crippen LogP contribution < -0.4 is 5.73 Å². The maximum Gasteiger partial charge on any atom is 0.214 e. The van der Waals surface area contributed by atoms with Crippen molar-refractivity contribution in [3.63, 3.8) is 0 Å². The molecule has 7 heteroatoms. The van der Waals surface area contributed by atoms with Crippen molar-refractivity contribution in [2.75, 3.05) is 12.3 Å². The van der Waals surface area contributed by atoms with Gasteiger partial charge in [-0.1, -0.05) is 41.5 Å². The monoisotopic (exact) mass is 369 g/mol. The molecular formula is C17H27N3O2S2. The zero-order valence-corrected chi connectivity index (χ0v) is 16.4. The number of nitrogen functional groups attached to an aromatic ring is 1. The lowest BCUT2D eigenvalue weighted by Gasteiger charge is -2.22. The normalized spacial score (nSPS) is 13.4. The van der Waals surface area contributed by atoms with Crippen molar-refractivity contribution >= 4 is 33.8 Å². The highest BCUT2D eigenvalue weighted by atomic mass is 33.1. The number of aliphatic hydroxyl groups is 1. The van der Waals surface area contributed by atoms with Gasteiger partial charge in [-0.3, -0.25) is 4.79 Å². The summed E-state index contributed by atoms with van der Waals surface area (Å²) in [5.74, 6) is 0.444. The van der Waals surface area contributed by atoms with Gasteiger partial charge in [0, 0.05) is 40.1 Å². The number of hydrogen-bond acceptors (Lipinski definition) is 6. The van der Waals surface area contributed by atoms with Crippen LogP contribution in [0.2, 0.25) is 0 Å². The van der Waals surface area contributed by atoms with Gasteiger partial charge in [-0.2, -0.15) is 0 Å². The first-order valence-corrected chi connectivity index (χ1v) is 10.2. The Hall–Kier alpha value is -1.18. The van der Waals surface area contributed by atoms with E-state index in [0.29, 0.717) is 24.0 Å². The SMILES string of the molecule is CCC(C)SSC(CCO)=C(C)N(C=O)Cc1ccc(C)nc1N. The Kier molecular flexibility index (Phi) is 9.25. The van der Waals surface area contributed by atoms with Crippen LogP contribution in [0, 0.1) is 6.92 Å². The lowest BCUT2D eigenvalue weighted by molar-refractivity contribution is -0.116. The molecule has 24 heavy (non-hydrogen) atoms. The molecule has 0 bridgehead atoms. The van der Waals surface area contributed by atoms with E-state index in [-0.39, 0.29) is 6.61 Å². The second-order valence-electron chi connectivity index (χ2n) is 5.61. The molecule has 1 unspecified atom stereocenters. The van der Waals surface area contributed by atoms with E-state index in [2.05, 4.69) is 18.8 Å². The molecular weight excluding hydrogens is 342 g/mol. The molecule has 134 valence electrons. The zero-order valence-electron chi connectivity index (χ0n) is 14.8. The van der Waals surface area contributed by atoms with Gasteiger partial charge >= 0.3 is 0 Å². The molecule has 1 aromatic rings. The minimum Gasteiger partial charge on any atom is -0.396 e. The van der Waals surface area contributed by atoms with Crippen LogP contribution in [0.15, 0.2) is 22.7 Å². The Balaban J connectivity index is 2.97. The number of pyridine rings is 1. The molecule has 0 fully saturated rings. The van der Waals surface area contributed by atoms with Crippen molar-refractivity contribution < 1.29 is 9.90 Å². The van der Waals surface area contributed by atoms with Crippen LogP contribution in [-0.4, -0.2) is 33.3 Å². The number of amides is 1. The number of nitrogens with two attached hydrogens (primary N) is 1. The molecule has 0 saturated heterocycles. The van der Waals surface area contributed by atoms with Gasteiger partial charge in [0.2, 0.25) is 6.41 Å². The van der Waals surface area contributed by atoms with E-state index in [1.54, 1.807) is 26.5 Å². The van der Waals surface area contributed by atoms with Crippen LogP contribution in [-0.2, 0) is 11.3 Å². The molecule has 0 radical (unpaired) electrons. The number of carbonyl (C=O) groups is 1. The number of allylic oxidation sites excluding steroid dienone is 1. The van der Waals surface area contributed by atoms with Gasteiger partial charge in [-0.05, 0) is 26.3 Å². The molecule has 5 nitrogen and oxygen atoms in total. The van der Waals surface area contributed by atoms with Gasteiger partial charge in [-0.15, -0.1) is 0 Å². The number of aliphatic hydroxyl groups excluding tert-OH is 1. The minimum atomic E-state index is 0.0572. The molecule has 1 rings (SSSR count). The number of hydrogen-bond donors (Lipinski definition) is 2. The van der Waals surface area contributed by atoms with Gasteiger partial charge in [0.05, 0.1) is 6.54 Å². The highest BCUT2D eigenvalue weighted by molar-refractivity contribution is 8.78. The Bertz CT molecular complexity index is 579. The first-order chi connectivity index (χ1) is 11.4. The smallest absolute Gasteiger partial charge is 0.214 e. The summed E-state index contributed by atoms with van der Waals surface area (Å²) < 4.78 is 0. The third kappa shape index (κ3) is 6.37. The topological polar surface area (TPSA) is 79.5 Å². The quantitative estimate of drug-likeness (QED) is 0.483. The van der Waals surface area contributed by atoms with E-state index in [0.717, 1.165) is 34.7 Å². The lowest BCUT2D eigenvalue weighted by atomic mass is 10.2. The largest absolute Gasteiger partial charge is 0.396 e. The highest BCUT2D eigenvalue weighted by Gasteiger charge is 2.14. The summed E-state index contributed by atoms with van der Waals surface area (Å²) in [6.07, 6.45) is 2.42. The molecule has 1 heterocycles. The summed E-state index contributed by atoms with van der Waals surface area (Å²) in [6, 6.07) is 3.78. The number of aryl methyl sites for hydroxylation is 1. The van der Waals surface area contributed by atoms with Crippen LogP contribution in [0.25, 0.3) is 0 Å². The van der Waals surface area contributed by atoms with Crippen molar-refractivity contribution in [3.05, 3.63) is 34.0 Å². The summed E-state index contributed by atoms with van der Waals surface area (Å²) in [5, 5.41) is 9.85. The maximum absolute atomic E-state index is 11.6. The van der Waals surface area contributed by atoms with Crippen LogP contribution in [0.3, 0.4) is 0 Å². The second kappa shape index (κ2) is 10.6. The molecule has 1 aromatic heterocycles. The Labute approximate surface area is 152 Å². The molecule has 0 aliphatic heterocycles. The Morgan fingerprint density at radius 3 is 2.75 bits per heavy atom. The number of anilines is 1. The number of nitrogens with zero attached hydrogens (tertiary/aromatic N) is 2. The van der Waals surface area contributed by atoms with Crippen molar-refractivity contribution in [2.24, 2.45) is 0 Å². The Morgan fingerprint density at radius 1 is 1.50 bits per heavy atom. The third-order valence-corrected chi connectivity index (χ3v) is 7.02. The van der Waals surface area contributed by atoms with Gasteiger partial charge in [-0.25, -0.2) is 4.98 Å². The standard InChI is InChI=1S/C17H27N3O2S2/c1-5-13(3)23-24-16(8-9-21)14(4)20(11-22)10-15-7-6-12(2)19-17(15)18/h6-7,11,13,21H,5,8-10H2,1-4H3,(H2,18,19). The first-order valence-electron chi connectivity index (χ1n) is 8.00. The van der Waals surface area contributed by atoms with E-state index in [1.165, 1.54) is 0 Å². The number of aromatic nitrogens is 1. The van der Waals surface area contributed by atoms with Crippen molar-refractivity contribution in [2.45, 2.75) is 52.3 Å². The van der Waals surface area contributed by atoms with E-state index in [4.69, 9.17) is 5.73 Å². The minimum absolute atomic E-state index is 0.0572. The second-order valence-corrected chi connectivity index (χ2v) is 8.34. The van der Waals surface area contributed by atoms with E-state index in [9.17, 15) is 9.90 Å². The summed E-state index contributed by atoms with van der Waals surface area (Å²) in [4.78, 5) is 18.5. The molecule has 0 aliphatic rings. The van der Waals surface area contributed by atoms with Crippen LogP contribution in [0.5, 0.6) is 0 Å². The van der Waals surface area contributed by atoms with Gasteiger partial charge < -0.3 is 15.7 Å². The van der Waals surface area contributed by atoms with E-state index >= 15 is 0 Å². The summed E-state index contributed by atoms with van der Waals surface area (Å²) in [6.45, 7) is 8.52. The van der Waals surface area contributed by atoms with Crippen molar-refractivity contribution in [3.8, 4) is 0 Å². The predicted molar refractivity (Wildman–Crippen MR) is 104 cm³/mol. The van der Waals surface area contributed by atoms with Crippen LogP contribution in [0.4, 0.5) is 5.82 Å². The fourth-order valence-electron chi connectivity index (χ4n) is 1.91. The van der Waals surface area contributed by atoms with Gasteiger partial charge in [0.15, 0.2) is 0 Å². The van der Waals surface area contributed by atoms with Crippen molar-refractivity contribution in [1.29, 1.82) is 0 Å². The van der Waals surface area contributed by atoms with Gasteiger partial charge in [0.1, 0.15) is 5.82 Å². The average Bonchev–Trinajstić information content (AvgIpc) is 2.57. The number of rotatable bonds is 10. The van der Waals surface area contributed by atoms with E-state index in [1.807, 2.05) is 26.0 Å². The maximum atomic E-state index is 11.6. The molecule has 3 N–H and O–H groups in total. The molecule has 0 saturated carbocycles. The summed E-state index contributed by atoms with van der Waals surface area (Å²) in [7, 11) is 3.40. The molecule has 0 aliphatic carbocycles. The lowest BCUT2D eigenvalue weighted by Crippen LogP contribution is -2.21. The Morgan fingerprint density at radius 2 is 2.21 bits per heavy atom. The van der Waals surface area contributed by atoms with Crippen molar-refractivity contribution in [1.82, 2.24) is 9.88 Å². The molecule has 1 atom stereocenters. The van der Waals surface area contributed by atoms with Crippen LogP contribution >= 0.6 is 21.6 Å². The zero-order chi connectivity index (χ0) is 18.1. The number of carbonyl (C=O) groups excluding carboxylic acids is 1. The highest BCUT2D eigenvalue weighted by Crippen LogP contribution is 2.38. The summed E-state index contributed by atoms with van der Waals surface area (Å²) >= 11 is 0. The van der Waals surface area contributed by atoms with E-state index < -0.39 is 0 Å².